The van der Waals surface area contributed by atoms with Crippen molar-refractivity contribution >= 4 is 12.0 Å². The highest BCUT2D eigenvalue weighted by Crippen LogP contribution is 2.25. The molecule has 0 aromatic heterocycles. The van der Waals surface area contributed by atoms with Crippen LogP contribution in [0, 0.1) is 17.8 Å². The van der Waals surface area contributed by atoms with Crippen molar-refractivity contribution in [3.05, 3.63) is 0 Å². The lowest BCUT2D eigenvalue weighted by Gasteiger charge is -2.39. The summed E-state index contributed by atoms with van der Waals surface area (Å²) >= 11 is 0. The molecule has 0 spiro atoms. The van der Waals surface area contributed by atoms with Crippen LogP contribution < -0.4 is 0 Å². The van der Waals surface area contributed by atoms with Crippen LogP contribution in [0.5, 0.6) is 0 Å². The van der Waals surface area contributed by atoms with Crippen LogP contribution >= 0.6 is 0 Å². The van der Waals surface area contributed by atoms with Gasteiger partial charge in [-0.15, -0.1) is 0 Å². The van der Waals surface area contributed by atoms with Gasteiger partial charge in [0, 0.05) is 26.2 Å². The van der Waals surface area contributed by atoms with Crippen LogP contribution in [0.3, 0.4) is 0 Å². The molecule has 90 valence electrons. The first kappa shape index (κ1) is 11.2. The van der Waals surface area contributed by atoms with E-state index in [0.29, 0.717) is 24.9 Å². The highest BCUT2D eigenvalue weighted by Gasteiger charge is 2.39. The van der Waals surface area contributed by atoms with Gasteiger partial charge in [0.1, 0.15) is 0 Å². The average Bonchev–Trinajstić information content (AvgIpc) is 2.43. The number of carboxylic acids is 1. The van der Waals surface area contributed by atoms with E-state index in [1.165, 1.54) is 0 Å². The van der Waals surface area contributed by atoms with Crippen LogP contribution in [0.25, 0.3) is 0 Å². The normalized spacial score (nSPS) is 30.4. The van der Waals surface area contributed by atoms with Crippen molar-refractivity contribution in [2.75, 3.05) is 26.2 Å². The molecular formula is C11H18N2O3. The quantitative estimate of drug-likeness (QED) is 0.716. The maximum Gasteiger partial charge on any atom is 0.320 e. The van der Waals surface area contributed by atoms with E-state index >= 15 is 0 Å². The van der Waals surface area contributed by atoms with E-state index in [2.05, 4.69) is 13.8 Å². The second-order valence-corrected chi connectivity index (χ2v) is 5.08. The highest BCUT2D eigenvalue weighted by molar-refractivity contribution is 5.80. The molecule has 1 N–H and O–H groups in total. The number of aliphatic carboxylic acids is 1. The second kappa shape index (κ2) is 3.96. The first-order valence-corrected chi connectivity index (χ1v) is 5.75. The Bertz CT molecular complexity index is 302. The smallest absolute Gasteiger partial charge is 0.320 e. The largest absolute Gasteiger partial charge is 0.481 e. The van der Waals surface area contributed by atoms with E-state index in [1.807, 2.05) is 4.90 Å². The van der Waals surface area contributed by atoms with Gasteiger partial charge in [-0.2, -0.15) is 0 Å². The Morgan fingerprint density at radius 2 is 1.44 bits per heavy atom. The van der Waals surface area contributed by atoms with Gasteiger partial charge in [0.2, 0.25) is 0 Å². The van der Waals surface area contributed by atoms with Crippen molar-refractivity contribution in [1.82, 2.24) is 9.80 Å². The minimum absolute atomic E-state index is 0.00806. The summed E-state index contributed by atoms with van der Waals surface area (Å²) in [4.78, 5) is 26.0. The third-order valence-corrected chi connectivity index (χ3v) is 3.76. The van der Waals surface area contributed by atoms with Gasteiger partial charge < -0.3 is 14.9 Å². The molecule has 2 heterocycles. The highest BCUT2D eigenvalue weighted by atomic mass is 16.4. The number of carbonyl (C=O) groups is 2. The van der Waals surface area contributed by atoms with Crippen molar-refractivity contribution < 1.29 is 14.7 Å². The lowest BCUT2D eigenvalue weighted by Crippen LogP contribution is -2.56. The van der Waals surface area contributed by atoms with E-state index in [4.69, 9.17) is 5.11 Å². The van der Waals surface area contributed by atoms with Crippen LogP contribution in [-0.4, -0.2) is 53.1 Å². The lowest BCUT2D eigenvalue weighted by atomic mass is 10.0. The summed E-state index contributed by atoms with van der Waals surface area (Å²) in [6.45, 7) is 6.63. The van der Waals surface area contributed by atoms with Gasteiger partial charge in [0.15, 0.2) is 0 Å². The Kier molecular flexibility index (Phi) is 2.78. The molecule has 0 aromatic rings. The number of urea groups is 1. The number of amides is 2. The van der Waals surface area contributed by atoms with E-state index in [1.54, 1.807) is 4.90 Å². The zero-order chi connectivity index (χ0) is 11.9. The molecular weight excluding hydrogens is 208 g/mol. The predicted molar refractivity (Wildman–Crippen MR) is 58.0 cm³/mol. The Morgan fingerprint density at radius 1 is 1.00 bits per heavy atom. The van der Waals surface area contributed by atoms with E-state index in [0.717, 1.165) is 13.1 Å². The van der Waals surface area contributed by atoms with E-state index < -0.39 is 5.97 Å². The summed E-state index contributed by atoms with van der Waals surface area (Å²) in [7, 11) is 0. The first-order chi connectivity index (χ1) is 7.49. The van der Waals surface area contributed by atoms with Crippen molar-refractivity contribution in [3.63, 3.8) is 0 Å². The number of carboxylic acid groups (broad SMARTS) is 1. The van der Waals surface area contributed by atoms with Gasteiger partial charge in [0.05, 0.1) is 5.92 Å². The standard InChI is InChI=1S/C11H18N2O3/c1-7-3-12(4-8(7)2)11(16)13-5-9(6-13)10(14)15/h7-9H,3-6H2,1-2H3,(H,14,15). The van der Waals surface area contributed by atoms with Gasteiger partial charge in [-0.05, 0) is 11.8 Å². The third-order valence-electron chi connectivity index (χ3n) is 3.76. The Labute approximate surface area is 95.0 Å². The summed E-state index contributed by atoms with van der Waals surface area (Å²) in [5.41, 5.74) is 0. The summed E-state index contributed by atoms with van der Waals surface area (Å²) in [5, 5.41) is 8.73. The molecule has 2 aliphatic rings. The minimum atomic E-state index is -0.799. The molecule has 16 heavy (non-hydrogen) atoms. The van der Waals surface area contributed by atoms with Crippen molar-refractivity contribution in [2.45, 2.75) is 13.8 Å². The van der Waals surface area contributed by atoms with Crippen LogP contribution in [0.2, 0.25) is 0 Å². The molecule has 0 aliphatic carbocycles. The molecule has 5 heteroatoms. The first-order valence-electron chi connectivity index (χ1n) is 5.75. The number of carbonyl (C=O) groups excluding carboxylic acids is 1. The molecule has 2 amide bonds. The Hall–Kier alpha value is -1.26. The molecule has 2 fully saturated rings. The third kappa shape index (κ3) is 1.86. The van der Waals surface area contributed by atoms with Crippen molar-refractivity contribution in [1.29, 1.82) is 0 Å². The molecule has 5 nitrogen and oxygen atoms in total. The summed E-state index contributed by atoms with van der Waals surface area (Å²) in [6.07, 6.45) is 0. The molecule has 0 aromatic carbocycles. The van der Waals surface area contributed by atoms with Crippen LogP contribution in [0.15, 0.2) is 0 Å². The van der Waals surface area contributed by atoms with Gasteiger partial charge in [-0.25, -0.2) is 4.79 Å². The average molecular weight is 226 g/mol. The number of hydrogen-bond donors (Lipinski definition) is 1. The Balaban J connectivity index is 1.84. The fraction of sp³-hybridized carbons (Fsp3) is 0.818. The summed E-state index contributed by atoms with van der Waals surface area (Å²) in [6, 6.07) is 0.00806. The van der Waals surface area contributed by atoms with Gasteiger partial charge >= 0.3 is 12.0 Å². The topological polar surface area (TPSA) is 60.9 Å². The Morgan fingerprint density at radius 3 is 1.88 bits per heavy atom. The van der Waals surface area contributed by atoms with Crippen LogP contribution in [0.1, 0.15) is 13.8 Å². The van der Waals surface area contributed by atoms with E-state index in [9.17, 15) is 9.59 Å². The monoisotopic (exact) mass is 226 g/mol. The van der Waals surface area contributed by atoms with Gasteiger partial charge in [0.25, 0.3) is 0 Å². The molecule has 2 aliphatic heterocycles. The predicted octanol–water partition coefficient (Wildman–Crippen LogP) is 0.711. The van der Waals surface area contributed by atoms with Gasteiger partial charge in [-0.3, -0.25) is 4.79 Å². The molecule has 2 atom stereocenters. The molecule has 2 unspecified atom stereocenters. The van der Waals surface area contributed by atoms with Crippen LogP contribution in [-0.2, 0) is 4.79 Å². The van der Waals surface area contributed by atoms with Crippen molar-refractivity contribution in [3.8, 4) is 0 Å². The zero-order valence-electron chi connectivity index (χ0n) is 9.72. The summed E-state index contributed by atoms with van der Waals surface area (Å²) in [5.74, 6) is -0.0744. The number of nitrogens with zero attached hydrogens (tertiary/aromatic N) is 2. The van der Waals surface area contributed by atoms with Crippen LogP contribution in [0.4, 0.5) is 4.79 Å². The number of hydrogen-bond acceptors (Lipinski definition) is 2. The fourth-order valence-corrected chi connectivity index (χ4v) is 2.28. The van der Waals surface area contributed by atoms with Gasteiger partial charge in [-0.1, -0.05) is 13.8 Å². The number of likely N-dealkylation sites (tertiary alicyclic amines) is 2. The molecule has 2 saturated heterocycles. The minimum Gasteiger partial charge on any atom is -0.481 e. The molecule has 2 rings (SSSR count). The zero-order valence-corrected chi connectivity index (χ0v) is 9.72. The maximum atomic E-state index is 11.9. The molecule has 0 saturated carbocycles. The number of rotatable bonds is 1. The van der Waals surface area contributed by atoms with Crippen molar-refractivity contribution in [2.24, 2.45) is 17.8 Å². The SMILES string of the molecule is CC1CN(C(=O)N2CC(C(=O)O)C2)CC1C. The molecule has 0 bridgehead atoms. The second-order valence-electron chi connectivity index (χ2n) is 5.08. The lowest BCUT2D eigenvalue weighted by molar-refractivity contribution is -0.146. The summed E-state index contributed by atoms with van der Waals surface area (Å²) < 4.78 is 0. The molecule has 0 radical (unpaired) electrons. The maximum absolute atomic E-state index is 11.9. The van der Waals surface area contributed by atoms with E-state index in [-0.39, 0.29) is 11.9 Å². The fourth-order valence-electron chi connectivity index (χ4n) is 2.28.